The Balaban J connectivity index is 2.89. The highest BCUT2D eigenvalue weighted by Crippen LogP contribution is 2.16. The van der Waals surface area contributed by atoms with E-state index in [4.69, 9.17) is 0 Å². The summed E-state index contributed by atoms with van der Waals surface area (Å²) < 4.78 is 27.1. The first-order valence-corrected chi connectivity index (χ1v) is 9.96. The number of nitrogens with zero attached hydrogens (tertiary/aromatic N) is 1. The molecular formula is C18H30N2O3S. The first-order chi connectivity index (χ1) is 11.1. The molecule has 0 spiro atoms. The molecule has 1 N–H and O–H groups in total. The Kier molecular flexibility index (Phi) is 7.42. The minimum atomic E-state index is -3.54. The zero-order valence-electron chi connectivity index (χ0n) is 15.5. The molecule has 0 fully saturated rings. The van der Waals surface area contributed by atoms with Crippen LogP contribution in [0, 0.1) is 5.92 Å². The lowest BCUT2D eigenvalue weighted by atomic mass is 10.0. The molecular weight excluding hydrogens is 324 g/mol. The maximum Gasteiger partial charge on any atom is 0.253 e. The van der Waals surface area contributed by atoms with Crippen LogP contribution in [0.1, 0.15) is 57.8 Å². The number of hydrogen-bond donors (Lipinski definition) is 1. The van der Waals surface area contributed by atoms with Crippen molar-refractivity contribution >= 4 is 15.9 Å². The van der Waals surface area contributed by atoms with Crippen LogP contribution in [-0.4, -0.2) is 38.4 Å². The maximum absolute atomic E-state index is 12.5. The summed E-state index contributed by atoms with van der Waals surface area (Å²) in [6, 6.07) is 6.13. The average molecular weight is 355 g/mol. The van der Waals surface area contributed by atoms with Crippen LogP contribution >= 0.6 is 0 Å². The molecule has 5 nitrogen and oxygen atoms in total. The Hall–Kier alpha value is -1.40. The van der Waals surface area contributed by atoms with Gasteiger partial charge in [0.2, 0.25) is 10.0 Å². The largest absolute Gasteiger partial charge is 0.339 e. The van der Waals surface area contributed by atoms with Gasteiger partial charge in [0.05, 0.1) is 4.90 Å². The molecule has 0 aromatic heterocycles. The molecule has 0 aliphatic carbocycles. The van der Waals surface area contributed by atoms with Crippen LogP contribution < -0.4 is 4.72 Å². The van der Waals surface area contributed by atoms with Crippen molar-refractivity contribution in [3.05, 3.63) is 29.8 Å². The Labute approximate surface area is 146 Å². The molecule has 1 aromatic rings. The van der Waals surface area contributed by atoms with E-state index in [2.05, 4.69) is 18.6 Å². The summed E-state index contributed by atoms with van der Waals surface area (Å²) in [5.74, 6) is 0.413. The minimum Gasteiger partial charge on any atom is -0.339 e. The molecule has 1 amide bonds. The minimum absolute atomic E-state index is 0.0954. The van der Waals surface area contributed by atoms with Crippen LogP contribution in [0.15, 0.2) is 29.2 Å². The number of benzene rings is 1. The van der Waals surface area contributed by atoms with Crippen LogP contribution in [0.3, 0.4) is 0 Å². The molecule has 0 radical (unpaired) electrons. The molecule has 0 aliphatic heterocycles. The zero-order chi connectivity index (χ0) is 18.5. The molecule has 0 unspecified atom stereocenters. The van der Waals surface area contributed by atoms with Gasteiger partial charge >= 0.3 is 0 Å². The van der Waals surface area contributed by atoms with Crippen LogP contribution in [0.2, 0.25) is 0 Å². The van der Waals surface area contributed by atoms with Crippen molar-refractivity contribution in [2.75, 3.05) is 7.05 Å². The van der Waals surface area contributed by atoms with Gasteiger partial charge in [-0.15, -0.1) is 0 Å². The molecule has 0 heterocycles. The smallest absolute Gasteiger partial charge is 0.253 e. The highest BCUT2D eigenvalue weighted by molar-refractivity contribution is 7.89. The number of carbonyl (C=O) groups excluding carboxylic acids is 1. The van der Waals surface area contributed by atoms with E-state index in [-0.39, 0.29) is 22.9 Å². The standard InChI is InChI=1S/C18H30N2O3S/c1-7-14(4)19-24(22,23)17-10-8-16(9-11-17)18(21)20(6)15(5)12-13(2)3/h8-11,13-15,19H,7,12H2,1-6H3/t14-,15-/m1/s1. The number of sulfonamides is 1. The van der Waals surface area contributed by atoms with Gasteiger partial charge in [-0.05, 0) is 56.9 Å². The van der Waals surface area contributed by atoms with Gasteiger partial charge in [-0.3, -0.25) is 4.79 Å². The molecule has 1 rings (SSSR count). The van der Waals surface area contributed by atoms with Crippen molar-refractivity contribution in [2.24, 2.45) is 5.92 Å². The Morgan fingerprint density at radius 1 is 1.12 bits per heavy atom. The molecule has 0 saturated heterocycles. The lowest BCUT2D eigenvalue weighted by Gasteiger charge is -2.26. The molecule has 24 heavy (non-hydrogen) atoms. The summed E-state index contributed by atoms with van der Waals surface area (Å²) in [7, 11) is -1.76. The van der Waals surface area contributed by atoms with Gasteiger partial charge < -0.3 is 4.90 Å². The molecule has 0 aliphatic rings. The SMILES string of the molecule is CC[C@@H](C)NS(=O)(=O)c1ccc(C(=O)N(C)[C@H](C)CC(C)C)cc1. The summed E-state index contributed by atoms with van der Waals surface area (Å²) in [6.45, 7) is 10.0. The first kappa shape index (κ1) is 20.6. The molecule has 0 saturated carbocycles. The summed E-state index contributed by atoms with van der Waals surface area (Å²) in [5.41, 5.74) is 0.496. The molecule has 1 aromatic carbocycles. The number of carbonyl (C=O) groups is 1. The Morgan fingerprint density at radius 3 is 2.12 bits per heavy atom. The zero-order valence-corrected chi connectivity index (χ0v) is 16.4. The van der Waals surface area contributed by atoms with Crippen molar-refractivity contribution < 1.29 is 13.2 Å². The molecule has 136 valence electrons. The second-order valence-electron chi connectivity index (χ2n) is 6.85. The van der Waals surface area contributed by atoms with Crippen molar-refractivity contribution in [3.8, 4) is 0 Å². The highest BCUT2D eigenvalue weighted by atomic mass is 32.2. The summed E-state index contributed by atoms with van der Waals surface area (Å²) >= 11 is 0. The van der Waals surface area contributed by atoms with Crippen molar-refractivity contribution in [3.63, 3.8) is 0 Å². The third kappa shape index (κ3) is 5.60. The van der Waals surface area contributed by atoms with Gasteiger partial charge in [0.1, 0.15) is 0 Å². The fourth-order valence-electron chi connectivity index (χ4n) is 2.44. The number of rotatable bonds is 8. The third-order valence-electron chi connectivity index (χ3n) is 4.17. The summed E-state index contributed by atoms with van der Waals surface area (Å²) in [5, 5.41) is 0. The van der Waals surface area contributed by atoms with Gasteiger partial charge in [-0.2, -0.15) is 0 Å². The Bertz CT molecular complexity index is 639. The third-order valence-corrected chi connectivity index (χ3v) is 5.78. The summed E-state index contributed by atoms with van der Waals surface area (Å²) in [6.07, 6.45) is 1.64. The van der Waals surface area contributed by atoms with Gasteiger partial charge in [-0.1, -0.05) is 20.8 Å². The van der Waals surface area contributed by atoms with Crippen molar-refractivity contribution in [2.45, 2.75) is 64.4 Å². The number of amides is 1. The van der Waals surface area contributed by atoms with Gasteiger partial charge in [0, 0.05) is 24.7 Å². The van der Waals surface area contributed by atoms with Crippen molar-refractivity contribution in [1.29, 1.82) is 0 Å². The highest BCUT2D eigenvalue weighted by Gasteiger charge is 2.20. The van der Waals surface area contributed by atoms with Crippen LogP contribution in [0.5, 0.6) is 0 Å². The number of hydrogen-bond acceptors (Lipinski definition) is 3. The predicted molar refractivity (Wildman–Crippen MR) is 97.5 cm³/mol. The van der Waals surface area contributed by atoms with Gasteiger partial charge in [0.25, 0.3) is 5.91 Å². The molecule has 2 atom stereocenters. The van der Waals surface area contributed by atoms with E-state index in [1.54, 1.807) is 24.1 Å². The van der Waals surface area contributed by atoms with E-state index < -0.39 is 10.0 Å². The second kappa shape index (κ2) is 8.62. The average Bonchev–Trinajstić information content (AvgIpc) is 2.52. The molecule has 6 heteroatoms. The van der Waals surface area contributed by atoms with E-state index in [0.717, 1.165) is 6.42 Å². The van der Waals surface area contributed by atoms with Gasteiger partial charge in [0.15, 0.2) is 0 Å². The van der Waals surface area contributed by atoms with Crippen molar-refractivity contribution in [1.82, 2.24) is 9.62 Å². The lowest BCUT2D eigenvalue weighted by Crippen LogP contribution is -2.36. The second-order valence-corrected chi connectivity index (χ2v) is 8.56. The fourth-order valence-corrected chi connectivity index (χ4v) is 3.76. The monoisotopic (exact) mass is 354 g/mol. The Morgan fingerprint density at radius 2 is 1.67 bits per heavy atom. The van der Waals surface area contributed by atoms with E-state index in [9.17, 15) is 13.2 Å². The topological polar surface area (TPSA) is 66.5 Å². The van der Waals surface area contributed by atoms with E-state index in [1.165, 1.54) is 12.1 Å². The molecule has 0 bridgehead atoms. The lowest BCUT2D eigenvalue weighted by molar-refractivity contribution is 0.0728. The van der Waals surface area contributed by atoms with Crippen LogP contribution in [-0.2, 0) is 10.0 Å². The van der Waals surface area contributed by atoms with E-state index in [1.807, 2.05) is 20.8 Å². The summed E-state index contributed by atoms with van der Waals surface area (Å²) in [4.78, 5) is 14.4. The first-order valence-electron chi connectivity index (χ1n) is 8.48. The predicted octanol–water partition coefficient (Wildman–Crippen LogP) is 3.27. The van der Waals surface area contributed by atoms with Gasteiger partial charge in [-0.25, -0.2) is 13.1 Å². The quantitative estimate of drug-likeness (QED) is 0.779. The number of nitrogens with one attached hydrogen (secondary N) is 1. The normalized spacial score (nSPS) is 14.5. The van der Waals surface area contributed by atoms with Crippen LogP contribution in [0.25, 0.3) is 0 Å². The van der Waals surface area contributed by atoms with E-state index in [0.29, 0.717) is 17.9 Å². The maximum atomic E-state index is 12.5. The fraction of sp³-hybridized carbons (Fsp3) is 0.611. The van der Waals surface area contributed by atoms with Crippen LogP contribution in [0.4, 0.5) is 0 Å². The van der Waals surface area contributed by atoms with E-state index >= 15 is 0 Å².